The maximum Gasteiger partial charge on any atom is 0.284 e. The van der Waals surface area contributed by atoms with Crippen molar-refractivity contribution in [2.75, 3.05) is 0 Å². The fourth-order valence-corrected chi connectivity index (χ4v) is 1.46. The molecule has 66 valence electrons. The number of rotatable bonds is 1. The fraction of sp³-hybridized carbons (Fsp3) is 0. The maximum atomic E-state index is 10.5. The molecule has 2 aromatic rings. The highest BCUT2D eigenvalue weighted by Gasteiger charge is 2.14. The molecule has 0 aliphatic rings. The quantitative estimate of drug-likeness (QED) is 0.413. The molecule has 0 atom stereocenters. The first-order chi connectivity index (χ1) is 6.20. The lowest BCUT2D eigenvalue weighted by Gasteiger charge is -1.95. The Bertz CT molecular complexity index is 480. The Morgan fingerprint density at radius 2 is 2.31 bits per heavy atom. The Morgan fingerprint density at radius 1 is 1.54 bits per heavy atom. The molecule has 1 heterocycles. The third-order valence-electron chi connectivity index (χ3n) is 1.74. The molecule has 6 heteroatoms. The summed E-state index contributed by atoms with van der Waals surface area (Å²) in [4.78, 5) is 17.1. The fourth-order valence-electron chi connectivity index (χ4n) is 1.13. The Hall–Kier alpha value is -1.56. The second-order valence-electron chi connectivity index (χ2n) is 2.49. The van der Waals surface area contributed by atoms with Gasteiger partial charge in [-0.15, -0.1) is 12.6 Å². The van der Waals surface area contributed by atoms with Crippen molar-refractivity contribution in [3.63, 3.8) is 0 Å². The van der Waals surface area contributed by atoms with Gasteiger partial charge < -0.3 is 4.98 Å². The summed E-state index contributed by atoms with van der Waals surface area (Å²) in [7, 11) is 0. The summed E-state index contributed by atoms with van der Waals surface area (Å²) in [6, 6.07) is 3.02. The van der Waals surface area contributed by atoms with Crippen LogP contribution in [0.25, 0.3) is 11.0 Å². The molecule has 1 N–H and O–H groups in total. The summed E-state index contributed by atoms with van der Waals surface area (Å²) in [5, 5.41) is 10.5. The zero-order valence-corrected chi connectivity index (χ0v) is 7.28. The van der Waals surface area contributed by atoms with E-state index in [9.17, 15) is 10.1 Å². The van der Waals surface area contributed by atoms with Crippen LogP contribution in [0.4, 0.5) is 5.69 Å². The molecule has 0 bridgehead atoms. The van der Waals surface area contributed by atoms with Crippen molar-refractivity contribution in [1.29, 1.82) is 0 Å². The van der Waals surface area contributed by atoms with Crippen LogP contribution in [-0.2, 0) is 0 Å². The molecule has 0 amide bonds. The highest BCUT2D eigenvalue weighted by Crippen LogP contribution is 2.28. The average molecular weight is 195 g/mol. The highest BCUT2D eigenvalue weighted by atomic mass is 32.1. The zero-order chi connectivity index (χ0) is 9.42. The molecule has 1 aromatic heterocycles. The minimum Gasteiger partial charge on any atom is -0.345 e. The monoisotopic (exact) mass is 195 g/mol. The summed E-state index contributed by atoms with van der Waals surface area (Å²) >= 11 is 4.05. The first kappa shape index (κ1) is 8.06. The van der Waals surface area contributed by atoms with E-state index in [1.165, 1.54) is 12.4 Å². The van der Waals surface area contributed by atoms with Crippen molar-refractivity contribution >= 4 is 29.3 Å². The van der Waals surface area contributed by atoms with E-state index in [1.807, 2.05) is 0 Å². The Morgan fingerprint density at radius 3 is 3.00 bits per heavy atom. The highest BCUT2D eigenvalue weighted by molar-refractivity contribution is 7.80. The molecule has 0 saturated carbocycles. The van der Waals surface area contributed by atoms with Crippen LogP contribution in [0.5, 0.6) is 0 Å². The molecule has 0 spiro atoms. The third kappa shape index (κ3) is 1.15. The number of thiol groups is 1. The van der Waals surface area contributed by atoms with Crippen LogP contribution in [0.1, 0.15) is 0 Å². The lowest BCUT2D eigenvalue weighted by atomic mass is 10.3. The van der Waals surface area contributed by atoms with Crippen LogP contribution in [-0.4, -0.2) is 14.9 Å². The van der Waals surface area contributed by atoms with Crippen molar-refractivity contribution in [2.24, 2.45) is 0 Å². The number of nitro benzene ring substituents is 1. The van der Waals surface area contributed by atoms with E-state index in [0.29, 0.717) is 10.4 Å². The van der Waals surface area contributed by atoms with E-state index in [-0.39, 0.29) is 5.69 Å². The second-order valence-corrected chi connectivity index (χ2v) is 2.94. The van der Waals surface area contributed by atoms with E-state index in [2.05, 4.69) is 22.6 Å². The minimum atomic E-state index is -0.476. The van der Waals surface area contributed by atoms with E-state index < -0.39 is 4.92 Å². The van der Waals surface area contributed by atoms with Crippen LogP contribution in [0.2, 0.25) is 0 Å². The van der Waals surface area contributed by atoms with Crippen molar-refractivity contribution < 1.29 is 4.92 Å². The maximum absolute atomic E-state index is 10.5. The number of hydrogen-bond donors (Lipinski definition) is 2. The van der Waals surface area contributed by atoms with Gasteiger partial charge in [0.1, 0.15) is 10.4 Å². The summed E-state index contributed by atoms with van der Waals surface area (Å²) in [6.07, 6.45) is 1.48. The molecule has 0 aliphatic heterocycles. The number of aromatic amines is 1. The number of imidazole rings is 1. The summed E-state index contributed by atoms with van der Waals surface area (Å²) in [5.41, 5.74) is 1.25. The second kappa shape index (κ2) is 2.74. The Kier molecular flexibility index (Phi) is 1.70. The van der Waals surface area contributed by atoms with Crippen LogP contribution < -0.4 is 0 Å². The first-order valence-electron chi connectivity index (χ1n) is 3.49. The van der Waals surface area contributed by atoms with Gasteiger partial charge in [-0.2, -0.15) is 0 Å². The van der Waals surface area contributed by atoms with Gasteiger partial charge in [-0.25, -0.2) is 4.98 Å². The van der Waals surface area contributed by atoms with Crippen LogP contribution in [0.3, 0.4) is 0 Å². The van der Waals surface area contributed by atoms with Crippen molar-refractivity contribution in [3.8, 4) is 0 Å². The van der Waals surface area contributed by atoms with Crippen LogP contribution in [0.15, 0.2) is 23.4 Å². The predicted octanol–water partition coefficient (Wildman–Crippen LogP) is 1.76. The topological polar surface area (TPSA) is 71.8 Å². The van der Waals surface area contributed by atoms with Gasteiger partial charge in [0.15, 0.2) is 0 Å². The molecule has 0 radical (unpaired) electrons. The molecular formula is C7H5N3O2S. The van der Waals surface area contributed by atoms with Gasteiger partial charge in [0.05, 0.1) is 16.8 Å². The molecule has 0 saturated heterocycles. The van der Waals surface area contributed by atoms with Gasteiger partial charge in [-0.1, -0.05) is 0 Å². The first-order valence-corrected chi connectivity index (χ1v) is 3.94. The molecular weight excluding hydrogens is 190 g/mol. The van der Waals surface area contributed by atoms with Crippen LogP contribution >= 0.6 is 12.6 Å². The number of nitrogens with one attached hydrogen (secondary N) is 1. The van der Waals surface area contributed by atoms with Crippen molar-refractivity contribution in [3.05, 3.63) is 28.6 Å². The molecule has 1 aromatic carbocycles. The lowest BCUT2D eigenvalue weighted by molar-refractivity contribution is -0.387. The van der Waals surface area contributed by atoms with E-state index in [1.54, 1.807) is 6.07 Å². The smallest absolute Gasteiger partial charge is 0.284 e. The molecule has 0 aliphatic carbocycles. The number of fused-ring (bicyclic) bond motifs is 1. The average Bonchev–Trinajstić information content (AvgIpc) is 2.52. The number of benzene rings is 1. The molecule has 2 rings (SSSR count). The number of H-pyrrole nitrogens is 1. The van der Waals surface area contributed by atoms with Gasteiger partial charge in [0.2, 0.25) is 0 Å². The number of nitro groups is 1. The van der Waals surface area contributed by atoms with E-state index >= 15 is 0 Å². The normalized spacial score (nSPS) is 10.5. The number of aromatic nitrogens is 2. The zero-order valence-electron chi connectivity index (χ0n) is 6.39. The summed E-state index contributed by atoms with van der Waals surface area (Å²) < 4.78 is 0. The third-order valence-corrected chi connectivity index (χ3v) is 2.18. The van der Waals surface area contributed by atoms with Gasteiger partial charge in [0.25, 0.3) is 5.69 Å². The van der Waals surface area contributed by atoms with Gasteiger partial charge in [-0.3, -0.25) is 10.1 Å². The lowest BCUT2D eigenvalue weighted by Crippen LogP contribution is -1.89. The molecule has 13 heavy (non-hydrogen) atoms. The van der Waals surface area contributed by atoms with Gasteiger partial charge in [0, 0.05) is 6.07 Å². The van der Waals surface area contributed by atoms with Crippen LogP contribution in [0, 0.1) is 10.1 Å². The van der Waals surface area contributed by atoms with E-state index in [0.717, 1.165) is 5.52 Å². The molecule has 0 unspecified atom stereocenters. The molecule has 5 nitrogen and oxygen atoms in total. The Labute approximate surface area is 78.3 Å². The predicted molar refractivity (Wildman–Crippen MR) is 50.0 cm³/mol. The SMILES string of the molecule is O=[N+]([O-])c1ccc2[nH]cnc2c1S. The summed E-state index contributed by atoms with van der Waals surface area (Å²) in [6.45, 7) is 0. The standard InChI is InChI=1S/C7H5N3O2S/c11-10(12)5-2-1-4-6(7(5)13)9-3-8-4/h1-3,13H,(H,8,9). The largest absolute Gasteiger partial charge is 0.345 e. The summed E-state index contributed by atoms with van der Waals surface area (Å²) in [5.74, 6) is 0. The van der Waals surface area contributed by atoms with Crippen molar-refractivity contribution in [2.45, 2.75) is 4.90 Å². The van der Waals surface area contributed by atoms with E-state index in [4.69, 9.17) is 0 Å². The minimum absolute atomic E-state index is 0.0251. The van der Waals surface area contributed by atoms with Gasteiger partial charge >= 0.3 is 0 Å². The number of nitrogens with zero attached hydrogens (tertiary/aromatic N) is 2. The van der Waals surface area contributed by atoms with Crippen molar-refractivity contribution in [1.82, 2.24) is 9.97 Å². The van der Waals surface area contributed by atoms with Gasteiger partial charge in [-0.05, 0) is 6.07 Å². The molecule has 0 fully saturated rings. The Balaban J connectivity index is 2.80. The number of hydrogen-bond acceptors (Lipinski definition) is 4.